The van der Waals surface area contributed by atoms with Crippen LogP contribution in [-0.4, -0.2) is 25.1 Å². The van der Waals surface area contributed by atoms with Crippen molar-refractivity contribution < 1.29 is 0 Å². The van der Waals surface area contributed by atoms with E-state index in [4.69, 9.17) is 4.98 Å². The van der Waals surface area contributed by atoms with Gasteiger partial charge in [0.15, 0.2) is 0 Å². The fourth-order valence-electron chi connectivity index (χ4n) is 4.76. The molecule has 0 amide bonds. The summed E-state index contributed by atoms with van der Waals surface area (Å²) in [5.74, 6) is 0. The van der Waals surface area contributed by atoms with Crippen LogP contribution in [0.3, 0.4) is 0 Å². The highest BCUT2D eigenvalue weighted by Gasteiger charge is 2.16. The van der Waals surface area contributed by atoms with E-state index in [-0.39, 0.29) is 0 Å². The molecule has 0 aliphatic heterocycles. The Morgan fingerprint density at radius 2 is 1.93 bits per heavy atom. The molecule has 5 heterocycles. The lowest BCUT2D eigenvalue weighted by Crippen LogP contribution is -2.12. The number of aromatic nitrogens is 5. The van der Waals surface area contributed by atoms with E-state index in [0.717, 1.165) is 68.0 Å². The van der Waals surface area contributed by atoms with Gasteiger partial charge in [-0.05, 0) is 59.9 Å². The molecule has 0 atom stereocenters. The van der Waals surface area contributed by atoms with E-state index in [1.165, 1.54) is 10.4 Å². The second-order valence-electron chi connectivity index (χ2n) is 9.41. The fourth-order valence-corrected chi connectivity index (χ4v) is 5.51. The van der Waals surface area contributed by atoms with Gasteiger partial charge in [-0.3, -0.25) is 10.1 Å². The van der Waals surface area contributed by atoms with Crippen molar-refractivity contribution in [3.63, 3.8) is 0 Å². The highest BCUT2D eigenvalue weighted by atomic mass is 32.1. The smallest absolute Gasteiger partial charge is 0.135 e. The van der Waals surface area contributed by atoms with Crippen molar-refractivity contribution in [1.29, 1.82) is 0 Å². The normalized spacial score (nSPS) is 12.2. The van der Waals surface area contributed by atoms with Crippen molar-refractivity contribution >= 4 is 38.8 Å². The number of fused-ring (bicyclic) bond motifs is 2. The molecule has 0 unspecified atom stereocenters. The van der Waals surface area contributed by atoms with Crippen LogP contribution < -0.4 is 5.32 Å². The highest BCUT2D eigenvalue weighted by molar-refractivity contribution is 7.13. The Hall–Kier alpha value is -5.01. The molecule has 40 heavy (non-hydrogen) atoms. The number of rotatable bonds is 9. The molecule has 3 N–H and O–H groups in total. The molecule has 0 aliphatic rings. The number of hydrogen-bond donors (Lipinski definition) is 3. The summed E-state index contributed by atoms with van der Waals surface area (Å²) >= 11 is 1.70. The van der Waals surface area contributed by atoms with Gasteiger partial charge in [-0.1, -0.05) is 55.6 Å². The maximum Gasteiger partial charge on any atom is 0.135 e. The monoisotopic (exact) mass is 540 g/mol. The van der Waals surface area contributed by atoms with Crippen LogP contribution in [0.25, 0.3) is 49.3 Å². The molecule has 1 aromatic carbocycles. The summed E-state index contributed by atoms with van der Waals surface area (Å²) in [6, 6.07) is 20.6. The van der Waals surface area contributed by atoms with Crippen molar-refractivity contribution in [3.8, 4) is 21.8 Å². The number of aromatic amines is 2. The van der Waals surface area contributed by atoms with Crippen molar-refractivity contribution in [2.45, 2.75) is 13.3 Å². The molecule has 0 aliphatic carbocycles. The fraction of sp³-hybridized carbons (Fsp3) is 0.0606. The Morgan fingerprint density at radius 3 is 2.70 bits per heavy atom. The average Bonchev–Trinajstić information content (AvgIpc) is 3.74. The van der Waals surface area contributed by atoms with Gasteiger partial charge in [0.05, 0.1) is 28.6 Å². The maximum absolute atomic E-state index is 5.03. The second kappa shape index (κ2) is 11.0. The van der Waals surface area contributed by atoms with Crippen LogP contribution in [0.4, 0.5) is 0 Å². The molecule has 7 heteroatoms. The minimum Gasteiger partial charge on any atom is -0.359 e. The predicted molar refractivity (Wildman–Crippen MR) is 167 cm³/mol. The van der Waals surface area contributed by atoms with Gasteiger partial charge < -0.3 is 10.3 Å². The van der Waals surface area contributed by atoms with E-state index in [1.807, 2.05) is 61.8 Å². The number of thiophene rings is 1. The Morgan fingerprint density at radius 1 is 1.05 bits per heavy atom. The number of nitrogens with one attached hydrogen (secondary N) is 3. The molecule has 0 fully saturated rings. The van der Waals surface area contributed by atoms with Crippen molar-refractivity contribution in [3.05, 3.63) is 132 Å². The van der Waals surface area contributed by atoms with Crippen LogP contribution in [0.15, 0.2) is 121 Å². The zero-order valence-corrected chi connectivity index (χ0v) is 22.9. The first-order chi connectivity index (χ1) is 19.6. The number of benzene rings is 1. The van der Waals surface area contributed by atoms with Crippen molar-refractivity contribution in [2.24, 2.45) is 0 Å². The van der Waals surface area contributed by atoms with E-state index in [9.17, 15) is 0 Å². The van der Waals surface area contributed by atoms with Crippen LogP contribution in [0.5, 0.6) is 0 Å². The summed E-state index contributed by atoms with van der Waals surface area (Å²) < 4.78 is 0. The van der Waals surface area contributed by atoms with Gasteiger partial charge >= 0.3 is 0 Å². The van der Waals surface area contributed by atoms with E-state index >= 15 is 0 Å². The predicted octanol–water partition coefficient (Wildman–Crippen LogP) is 8.05. The number of hydrogen-bond acceptors (Lipinski definition) is 5. The standard InChI is InChI=1S/C33H28N6S/c1-4-23(17-24(5-2)35-21(3)16-22-10-7-6-8-11-22)27-13-14-28-32(37-27)33(39-38-28)29-18-25-26(31-12-9-15-40-31)19-34-20-30(25)36-29/h4-15,17-20,35-36H,2-3,16H2,1H3,(H,38,39)/b23-4+,24-17+. The minimum atomic E-state index is 0.730. The zero-order chi connectivity index (χ0) is 27.5. The quantitative estimate of drug-likeness (QED) is 0.162. The van der Waals surface area contributed by atoms with Crippen molar-refractivity contribution in [2.75, 3.05) is 0 Å². The Balaban J connectivity index is 1.32. The molecule has 6 rings (SSSR count). The maximum atomic E-state index is 5.03. The summed E-state index contributed by atoms with van der Waals surface area (Å²) in [5, 5.41) is 14.3. The third-order valence-corrected chi connectivity index (χ3v) is 7.62. The van der Waals surface area contributed by atoms with Crippen LogP contribution in [0, 0.1) is 0 Å². The molecule has 6 nitrogen and oxygen atoms in total. The molecule has 0 spiro atoms. The number of H-pyrrole nitrogens is 2. The number of allylic oxidation sites excluding steroid dienone is 5. The van der Waals surface area contributed by atoms with Crippen LogP contribution in [0.2, 0.25) is 0 Å². The Bertz CT molecular complexity index is 1890. The molecule has 0 radical (unpaired) electrons. The topological polar surface area (TPSA) is 82.3 Å². The van der Waals surface area contributed by atoms with E-state index in [1.54, 1.807) is 17.4 Å². The van der Waals surface area contributed by atoms with Crippen LogP contribution >= 0.6 is 11.3 Å². The zero-order valence-electron chi connectivity index (χ0n) is 22.1. The lowest BCUT2D eigenvalue weighted by Gasteiger charge is -2.12. The van der Waals surface area contributed by atoms with Gasteiger partial charge in [0, 0.05) is 39.8 Å². The summed E-state index contributed by atoms with van der Waals surface area (Å²) in [6.07, 6.45) is 10.4. The Kier molecular flexibility index (Phi) is 6.95. The highest BCUT2D eigenvalue weighted by Crippen LogP contribution is 2.35. The first-order valence-electron chi connectivity index (χ1n) is 13.0. The molecule has 0 saturated heterocycles. The van der Waals surface area contributed by atoms with Crippen molar-refractivity contribution in [1.82, 2.24) is 30.5 Å². The number of pyridine rings is 2. The number of nitrogens with zero attached hydrogens (tertiary/aromatic N) is 3. The first kappa shape index (κ1) is 25.3. The molecule has 5 aromatic heterocycles. The summed E-state index contributed by atoms with van der Waals surface area (Å²) in [4.78, 5) is 14.2. The molecular formula is C33H28N6S. The summed E-state index contributed by atoms with van der Waals surface area (Å²) in [5.41, 5.74) is 10.1. The van der Waals surface area contributed by atoms with Crippen LogP contribution in [0.1, 0.15) is 18.2 Å². The molecule has 0 bridgehead atoms. The van der Waals surface area contributed by atoms with Gasteiger partial charge in [-0.2, -0.15) is 5.10 Å². The van der Waals surface area contributed by atoms with Gasteiger partial charge in [-0.25, -0.2) is 4.98 Å². The first-order valence-corrected chi connectivity index (χ1v) is 13.9. The van der Waals surface area contributed by atoms with Gasteiger partial charge in [0.2, 0.25) is 0 Å². The lowest BCUT2D eigenvalue weighted by molar-refractivity contribution is 0.942. The van der Waals surface area contributed by atoms with E-state index in [2.05, 4.69) is 74.4 Å². The largest absolute Gasteiger partial charge is 0.359 e. The second-order valence-corrected chi connectivity index (χ2v) is 10.4. The molecule has 196 valence electrons. The van der Waals surface area contributed by atoms with Crippen LogP contribution in [-0.2, 0) is 6.42 Å². The average molecular weight is 541 g/mol. The summed E-state index contributed by atoms with van der Waals surface area (Å²) in [7, 11) is 0. The van der Waals surface area contributed by atoms with Gasteiger partial charge in [-0.15, -0.1) is 11.3 Å². The van der Waals surface area contributed by atoms with E-state index in [0.29, 0.717) is 0 Å². The molecular weight excluding hydrogens is 512 g/mol. The summed E-state index contributed by atoms with van der Waals surface area (Å²) in [6.45, 7) is 10.2. The van der Waals surface area contributed by atoms with Gasteiger partial charge in [0.25, 0.3) is 0 Å². The molecule has 0 saturated carbocycles. The third-order valence-electron chi connectivity index (χ3n) is 6.71. The SMILES string of the molecule is C=C/C(=C\C(=C/C)c1ccc2[nH]nc(-c3cc4c(-c5cccs5)cncc4[nH]3)c2n1)NC(=C)Cc1ccccc1. The lowest BCUT2D eigenvalue weighted by atomic mass is 10.1. The molecule has 6 aromatic rings. The minimum absolute atomic E-state index is 0.730. The Labute approximate surface area is 236 Å². The van der Waals surface area contributed by atoms with E-state index < -0.39 is 0 Å². The third kappa shape index (κ3) is 5.02. The van der Waals surface area contributed by atoms with Gasteiger partial charge in [0.1, 0.15) is 11.2 Å².